The number of carbonyl (C=O) groups is 1. The molecule has 0 unspecified atom stereocenters. The quantitative estimate of drug-likeness (QED) is 0.0766. The van der Waals surface area contributed by atoms with E-state index in [0.717, 1.165) is 6.08 Å². The van der Waals surface area contributed by atoms with Crippen molar-refractivity contribution in [1.29, 1.82) is 0 Å². The molecule has 0 radical (unpaired) electrons. The number of phenols is 1. The van der Waals surface area contributed by atoms with Crippen LogP contribution >= 0.6 is 0 Å². The number of rotatable bonds is 10. The molecule has 4 aliphatic rings. The summed E-state index contributed by atoms with van der Waals surface area (Å²) < 4.78 is 39.1. The summed E-state index contributed by atoms with van der Waals surface area (Å²) in [4.78, 5) is 12.7. The third-order valence-electron chi connectivity index (χ3n) is 8.65. The number of benzene rings is 1. The first kappa shape index (κ1) is 35.2. The monoisotopic (exact) mass is 668 g/mol. The average molecular weight is 669 g/mol. The smallest absolute Gasteiger partial charge is 0.331 e. The zero-order chi connectivity index (χ0) is 34.0. The zero-order valence-corrected chi connectivity index (χ0v) is 25.5. The van der Waals surface area contributed by atoms with Gasteiger partial charge in [0.15, 0.2) is 30.2 Å². The summed E-state index contributed by atoms with van der Waals surface area (Å²) in [6, 6.07) is 4.48. The van der Waals surface area contributed by atoms with Gasteiger partial charge >= 0.3 is 5.97 Å². The third kappa shape index (κ3) is 7.33. The minimum absolute atomic E-state index is 0.134. The molecule has 3 heterocycles. The molecule has 16 heteroatoms. The average Bonchev–Trinajstić information content (AvgIpc) is 3.43. The van der Waals surface area contributed by atoms with Gasteiger partial charge in [-0.15, -0.1) is 0 Å². The Morgan fingerprint density at radius 1 is 0.936 bits per heavy atom. The van der Waals surface area contributed by atoms with E-state index in [1.807, 2.05) is 0 Å². The molecule has 2 saturated heterocycles. The fourth-order valence-corrected chi connectivity index (χ4v) is 6.04. The molecule has 1 aromatic rings. The molecule has 1 aromatic carbocycles. The van der Waals surface area contributed by atoms with Crippen molar-refractivity contribution in [2.45, 2.75) is 80.7 Å². The predicted octanol–water partition coefficient (Wildman–Crippen LogP) is -1.97. The topological polar surface area (TPSA) is 244 Å². The van der Waals surface area contributed by atoms with Crippen molar-refractivity contribution in [2.75, 3.05) is 20.3 Å². The van der Waals surface area contributed by atoms with E-state index in [-0.39, 0.29) is 11.5 Å². The van der Waals surface area contributed by atoms with Gasteiger partial charge in [-0.25, -0.2) is 4.79 Å². The lowest BCUT2D eigenvalue weighted by Crippen LogP contribution is -2.60. The summed E-state index contributed by atoms with van der Waals surface area (Å²) in [5.41, 5.74) is 0.874. The van der Waals surface area contributed by atoms with E-state index in [1.165, 1.54) is 38.5 Å². The number of hydrogen-bond acceptors (Lipinski definition) is 16. The number of ether oxygens (including phenoxy) is 7. The Balaban J connectivity index is 1.25. The molecule has 5 rings (SSSR count). The van der Waals surface area contributed by atoms with E-state index < -0.39 is 105 Å². The van der Waals surface area contributed by atoms with Gasteiger partial charge in [0.1, 0.15) is 36.6 Å². The van der Waals surface area contributed by atoms with Gasteiger partial charge in [0.25, 0.3) is 0 Å². The maximum atomic E-state index is 12.7. The van der Waals surface area contributed by atoms with Crippen molar-refractivity contribution in [2.24, 2.45) is 11.8 Å². The number of esters is 1. The van der Waals surface area contributed by atoms with Crippen molar-refractivity contribution < 1.29 is 78.8 Å². The molecule has 260 valence electrons. The number of aromatic hydroxyl groups is 1. The van der Waals surface area contributed by atoms with E-state index in [4.69, 9.17) is 33.2 Å². The Labute approximate surface area is 269 Å². The van der Waals surface area contributed by atoms with Crippen LogP contribution in [0.4, 0.5) is 0 Å². The van der Waals surface area contributed by atoms with Gasteiger partial charge in [-0.3, -0.25) is 0 Å². The van der Waals surface area contributed by atoms with Gasteiger partial charge in [0, 0.05) is 12.0 Å². The van der Waals surface area contributed by atoms with Gasteiger partial charge < -0.3 is 74.0 Å². The molecule has 0 spiro atoms. The highest BCUT2D eigenvalue weighted by Gasteiger charge is 2.52. The molecule has 16 nitrogen and oxygen atoms in total. The van der Waals surface area contributed by atoms with Crippen LogP contribution in [0.3, 0.4) is 0 Å². The molecule has 0 aromatic heterocycles. The first-order valence-electron chi connectivity index (χ1n) is 15.0. The van der Waals surface area contributed by atoms with Crippen LogP contribution < -0.4 is 4.74 Å². The summed E-state index contributed by atoms with van der Waals surface area (Å²) in [5, 5.41) is 82.1. The maximum Gasteiger partial charge on any atom is 0.331 e. The van der Waals surface area contributed by atoms with Crippen molar-refractivity contribution >= 4 is 12.0 Å². The van der Waals surface area contributed by atoms with E-state index in [0.29, 0.717) is 11.1 Å². The molecule has 2 fully saturated rings. The molecular weight excluding hydrogens is 628 g/mol. The van der Waals surface area contributed by atoms with Crippen LogP contribution in [-0.2, 0) is 33.2 Å². The normalized spacial score (nSPS) is 40.1. The largest absolute Gasteiger partial charge is 0.504 e. The number of fused-ring (bicyclic) bond motifs is 1. The summed E-state index contributed by atoms with van der Waals surface area (Å²) in [7, 11) is 1.40. The first-order valence-corrected chi connectivity index (χ1v) is 15.0. The Hall–Kier alpha value is -3.13. The van der Waals surface area contributed by atoms with Crippen LogP contribution in [-0.4, -0.2) is 141 Å². The molecule has 0 bridgehead atoms. The van der Waals surface area contributed by atoms with Gasteiger partial charge in [-0.1, -0.05) is 12.1 Å². The lowest BCUT2D eigenvalue weighted by atomic mass is 9.88. The predicted molar refractivity (Wildman–Crippen MR) is 156 cm³/mol. The van der Waals surface area contributed by atoms with Crippen LogP contribution in [0.2, 0.25) is 0 Å². The van der Waals surface area contributed by atoms with Crippen LogP contribution in [0.5, 0.6) is 11.5 Å². The van der Waals surface area contributed by atoms with E-state index in [1.54, 1.807) is 18.2 Å². The maximum absolute atomic E-state index is 12.7. The molecule has 0 saturated carbocycles. The van der Waals surface area contributed by atoms with E-state index in [9.17, 15) is 45.6 Å². The van der Waals surface area contributed by atoms with Crippen LogP contribution in [0.25, 0.3) is 6.08 Å². The minimum atomic E-state index is -1.69. The Morgan fingerprint density at radius 3 is 2.36 bits per heavy atom. The molecule has 47 heavy (non-hydrogen) atoms. The first-order chi connectivity index (χ1) is 22.5. The van der Waals surface area contributed by atoms with Crippen LogP contribution in [0.15, 0.2) is 48.3 Å². The van der Waals surface area contributed by atoms with Gasteiger partial charge in [0.2, 0.25) is 6.29 Å². The number of carbonyl (C=O) groups excluding carboxylic acids is 1. The van der Waals surface area contributed by atoms with Gasteiger partial charge in [-0.2, -0.15) is 0 Å². The molecule has 3 aliphatic heterocycles. The highest BCUT2D eigenvalue weighted by atomic mass is 16.8. The Bertz CT molecular complexity index is 1330. The van der Waals surface area contributed by atoms with Crippen LogP contribution in [0, 0.1) is 11.8 Å². The summed E-state index contributed by atoms with van der Waals surface area (Å²) >= 11 is 0. The van der Waals surface area contributed by atoms with Crippen molar-refractivity contribution in [3.8, 4) is 11.5 Å². The molecule has 8 N–H and O–H groups in total. The lowest BCUT2D eigenvalue weighted by molar-refractivity contribution is -0.341. The fraction of sp³-hybridized carbons (Fsp3) is 0.581. The number of aliphatic hydroxyl groups excluding tert-OH is 7. The van der Waals surface area contributed by atoms with E-state index >= 15 is 0 Å². The number of hydrogen-bond donors (Lipinski definition) is 8. The van der Waals surface area contributed by atoms with Gasteiger partial charge in [0.05, 0.1) is 44.7 Å². The fourth-order valence-electron chi connectivity index (χ4n) is 6.04. The Morgan fingerprint density at radius 2 is 1.68 bits per heavy atom. The second-order valence-corrected chi connectivity index (χ2v) is 11.6. The second kappa shape index (κ2) is 15.0. The Kier molecular flexibility index (Phi) is 11.2. The summed E-state index contributed by atoms with van der Waals surface area (Å²) in [6.07, 6.45) is -9.55. The summed E-state index contributed by atoms with van der Waals surface area (Å²) in [5.74, 6) is -2.04. The third-order valence-corrected chi connectivity index (χ3v) is 8.65. The van der Waals surface area contributed by atoms with Crippen molar-refractivity contribution in [3.63, 3.8) is 0 Å². The molecule has 1 aliphatic carbocycles. The van der Waals surface area contributed by atoms with Crippen LogP contribution in [0.1, 0.15) is 12.5 Å². The van der Waals surface area contributed by atoms with Crippen molar-refractivity contribution in [1.82, 2.24) is 0 Å². The van der Waals surface area contributed by atoms with E-state index in [2.05, 4.69) is 0 Å². The number of aliphatic hydroxyl groups is 7. The number of phenolic OH excluding ortho intramolecular Hbond substituents is 1. The van der Waals surface area contributed by atoms with Crippen molar-refractivity contribution in [3.05, 3.63) is 53.8 Å². The SMILES string of the molecule is COc1ccc(C=CC(=O)O[C@@H]2[C@@H](O)[C@H](C)O[C@@H](O[C@@H]3C=C(CO)[C@H]4[C@H](O[C@@H]5O[C@H](CO)[C@@H](O)[C@H](O)[C@H]5O)OC=C[C@H]43)[C@@H]2O)cc1O. The minimum Gasteiger partial charge on any atom is -0.504 e. The molecule has 0 amide bonds. The number of methoxy groups -OCH3 is 1. The highest BCUT2D eigenvalue weighted by Crippen LogP contribution is 2.43. The lowest BCUT2D eigenvalue weighted by Gasteiger charge is -2.43. The molecule has 14 atom stereocenters. The molecular formula is C31H40O16. The second-order valence-electron chi connectivity index (χ2n) is 11.6. The zero-order valence-electron chi connectivity index (χ0n) is 25.5. The highest BCUT2D eigenvalue weighted by molar-refractivity contribution is 5.87. The summed E-state index contributed by atoms with van der Waals surface area (Å²) in [6.45, 7) is 0.403. The van der Waals surface area contributed by atoms with Gasteiger partial charge in [-0.05, 0) is 42.3 Å². The standard InChI is InChI=1S/C31H40O16/c1-13-23(36)28(46-21(35)6-4-14-3-5-18(41-2)17(34)9-14)27(40)31(43-13)44-19-10-15(11-32)22-16(19)7-8-42-29(22)47-30-26(39)25(38)24(37)20(12-33)45-30/h3-10,13,16,19-20,22-34,36-40H,11-12H2,1-2H3/t13-,16-,19+,20+,22+,23-,24+,25-,26+,27+,28+,29-,30-,31-/m0/s1.